The molecule has 140 valence electrons. The van der Waals surface area contributed by atoms with E-state index in [1.165, 1.54) is 17.8 Å². The van der Waals surface area contributed by atoms with E-state index in [1.54, 1.807) is 47.4 Å². The Morgan fingerprint density at radius 3 is 2.56 bits per heavy atom. The molecule has 0 fully saturated rings. The molecule has 0 spiro atoms. The molecule has 2 aromatic heterocycles. The average Bonchev–Trinajstić information content (AvgIpc) is 3.14. The molecule has 3 aromatic rings. The lowest BCUT2D eigenvalue weighted by atomic mass is 10.2. The van der Waals surface area contributed by atoms with E-state index in [-0.39, 0.29) is 5.69 Å². The minimum Gasteiger partial charge on any atom is -0.307 e. The van der Waals surface area contributed by atoms with Gasteiger partial charge in [0.05, 0.1) is 0 Å². The highest BCUT2D eigenvalue weighted by atomic mass is 32.2. The number of nitrogens with zero attached hydrogens (tertiary/aromatic N) is 4. The van der Waals surface area contributed by atoms with E-state index in [1.807, 2.05) is 12.1 Å². The summed E-state index contributed by atoms with van der Waals surface area (Å²) in [7, 11) is 1.12. The van der Waals surface area contributed by atoms with Crippen molar-refractivity contribution >= 4 is 23.4 Å². The van der Waals surface area contributed by atoms with Crippen LogP contribution in [0, 0.1) is 0 Å². The van der Waals surface area contributed by atoms with E-state index in [0.29, 0.717) is 27.2 Å². The van der Waals surface area contributed by atoms with Gasteiger partial charge in [-0.05, 0) is 23.8 Å². The fourth-order valence-electron chi connectivity index (χ4n) is 2.47. The number of para-hydroxylation sites is 1. The van der Waals surface area contributed by atoms with Gasteiger partial charge < -0.3 is 4.90 Å². The largest absolute Gasteiger partial charge is 0.471 e. The van der Waals surface area contributed by atoms with Crippen LogP contribution in [0.5, 0.6) is 0 Å². The van der Waals surface area contributed by atoms with Gasteiger partial charge in [0.25, 0.3) is 0 Å². The summed E-state index contributed by atoms with van der Waals surface area (Å²) in [6.45, 7) is 0. The van der Waals surface area contributed by atoms with Crippen LogP contribution in [0.25, 0.3) is 5.82 Å². The Bertz CT molecular complexity index is 928. The standard InChI is InChI=1S/C18H15F3N4OS/c1-24(16(26)18(19,20)21)14-7-3-2-6-13(14)12-27-17-23-10-11-25(17)15-8-4-5-9-22-15/h2-11H,12H2,1H3. The molecular formula is C18H15F3N4OS. The van der Waals surface area contributed by atoms with Crippen LogP contribution in [0.15, 0.2) is 66.2 Å². The van der Waals surface area contributed by atoms with Crippen LogP contribution in [0.3, 0.4) is 0 Å². The smallest absolute Gasteiger partial charge is 0.307 e. The highest BCUT2D eigenvalue weighted by molar-refractivity contribution is 7.98. The Labute approximate surface area is 157 Å². The van der Waals surface area contributed by atoms with Crippen molar-refractivity contribution in [1.29, 1.82) is 0 Å². The molecule has 2 heterocycles. The molecule has 0 saturated heterocycles. The summed E-state index contributed by atoms with van der Waals surface area (Å²) in [5.41, 5.74) is 0.807. The van der Waals surface area contributed by atoms with Gasteiger partial charge in [0.15, 0.2) is 5.16 Å². The number of anilines is 1. The number of alkyl halides is 3. The zero-order valence-electron chi connectivity index (χ0n) is 14.2. The van der Waals surface area contributed by atoms with Crippen LogP contribution in [-0.2, 0) is 10.5 Å². The third-order valence-corrected chi connectivity index (χ3v) is 4.78. The van der Waals surface area contributed by atoms with Crippen LogP contribution in [0.2, 0.25) is 0 Å². The van der Waals surface area contributed by atoms with E-state index >= 15 is 0 Å². The lowest BCUT2D eigenvalue weighted by Crippen LogP contribution is -2.38. The van der Waals surface area contributed by atoms with Crippen molar-refractivity contribution < 1.29 is 18.0 Å². The highest BCUT2D eigenvalue weighted by Crippen LogP contribution is 2.30. The van der Waals surface area contributed by atoms with Gasteiger partial charge in [-0.15, -0.1) is 0 Å². The minimum absolute atomic E-state index is 0.211. The lowest BCUT2D eigenvalue weighted by molar-refractivity contribution is -0.170. The second-order valence-corrected chi connectivity index (χ2v) is 6.49. The summed E-state index contributed by atoms with van der Waals surface area (Å²) in [5, 5.41) is 0.647. The molecular weight excluding hydrogens is 377 g/mol. The van der Waals surface area contributed by atoms with Gasteiger partial charge in [-0.1, -0.05) is 36.0 Å². The number of imidazole rings is 1. The molecule has 0 atom stereocenters. The minimum atomic E-state index is -4.93. The number of pyridine rings is 1. The molecule has 0 aliphatic carbocycles. The summed E-state index contributed by atoms with van der Waals surface area (Å²) in [6.07, 6.45) is 0.124. The van der Waals surface area contributed by atoms with E-state index < -0.39 is 12.1 Å². The fraction of sp³-hybridized carbons (Fsp3) is 0.167. The van der Waals surface area contributed by atoms with Crippen LogP contribution >= 0.6 is 11.8 Å². The molecule has 0 saturated carbocycles. The maximum absolute atomic E-state index is 12.7. The molecule has 3 rings (SSSR count). The van der Waals surface area contributed by atoms with E-state index in [0.717, 1.165) is 7.05 Å². The maximum Gasteiger partial charge on any atom is 0.471 e. The monoisotopic (exact) mass is 392 g/mol. The van der Waals surface area contributed by atoms with Crippen molar-refractivity contribution in [2.45, 2.75) is 17.1 Å². The number of benzene rings is 1. The van der Waals surface area contributed by atoms with Gasteiger partial charge in [-0.25, -0.2) is 9.97 Å². The first kappa shape index (κ1) is 19.0. The van der Waals surface area contributed by atoms with Crippen LogP contribution in [-0.4, -0.2) is 33.7 Å². The number of thioether (sulfide) groups is 1. The second-order valence-electron chi connectivity index (χ2n) is 5.55. The Morgan fingerprint density at radius 1 is 1.11 bits per heavy atom. The number of aromatic nitrogens is 3. The summed E-state index contributed by atoms with van der Waals surface area (Å²) in [4.78, 5) is 20.7. The molecule has 1 amide bonds. The van der Waals surface area contributed by atoms with Gasteiger partial charge in [-0.2, -0.15) is 13.2 Å². The molecule has 0 unspecified atom stereocenters. The zero-order chi connectivity index (χ0) is 19.4. The van der Waals surface area contributed by atoms with E-state index in [2.05, 4.69) is 9.97 Å². The Morgan fingerprint density at radius 2 is 1.85 bits per heavy atom. The number of hydrogen-bond donors (Lipinski definition) is 0. The number of hydrogen-bond acceptors (Lipinski definition) is 4. The van der Waals surface area contributed by atoms with Crippen molar-refractivity contribution in [3.8, 4) is 5.82 Å². The summed E-state index contributed by atoms with van der Waals surface area (Å²) in [6, 6.07) is 12.0. The van der Waals surface area contributed by atoms with Crippen LogP contribution in [0.4, 0.5) is 18.9 Å². The van der Waals surface area contributed by atoms with E-state index in [9.17, 15) is 18.0 Å². The summed E-state index contributed by atoms with van der Waals surface area (Å²) in [5.74, 6) is -0.875. The Hall–Kier alpha value is -2.81. The highest BCUT2D eigenvalue weighted by Gasteiger charge is 2.42. The SMILES string of the molecule is CN(C(=O)C(F)(F)F)c1ccccc1CSc1nccn1-c1ccccn1. The van der Waals surface area contributed by atoms with E-state index in [4.69, 9.17) is 0 Å². The third-order valence-electron chi connectivity index (χ3n) is 3.76. The topological polar surface area (TPSA) is 51.0 Å². The number of carbonyl (C=O) groups excluding carboxylic acids is 1. The molecule has 27 heavy (non-hydrogen) atoms. The molecule has 0 aliphatic heterocycles. The Kier molecular flexibility index (Phi) is 5.50. The molecule has 0 bridgehead atoms. The average molecular weight is 392 g/mol. The van der Waals surface area contributed by atoms with Crippen LogP contribution < -0.4 is 4.90 Å². The van der Waals surface area contributed by atoms with Gasteiger partial charge >= 0.3 is 12.1 Å². The fourth-order valence-corrected chi connectivity index (χ4v) is 3.43. The molecule has 0 N–H and O–H groups in total. The number of rotatable bonds is 5. The van der Waals surface area contributed by atoms with Gasteiger partial charge in [0.1, 0.15) is 5.82 Å². The predicted octanol–water partition coefficient (Wildman–Crippen LogP) is 4.08. The van der Waals surface area contributed by atoms with Crippen molar-refractivity contribution in [2.24, 2.45) is 0 Å². The summed E-state index contributed by atoms with van der Waals surface area (Å²) < 4.78 is 40.0. The Balaban J connectivity index is 1.81. The van der Waals surface area contributed by atoms with Gasteiger partial charge in [-0.3, -0.25) is 9.36 Å². The van der Waals surface area contributed by atoms with Gasteiger partial charge in [0.2, 0.25) is 0 Å². The molecule has 1 aromatic carbocycles. The number of halogens is 3. The normalized spacial score (nSPS) is 11.4. The summed E-state index contributed by atoms with van der Waals surface area (Å²) >= 11 is 1.35. The molecule has 5 nitrogen and oxygen atoms in total. The first-order chi connectivity index (χ1) is 12.9. The predicted molar refractivity (Wildman–Crippen MR) is 96.8 cm³/mol. The lowest BCUT2D eigenvalue weighted by Gasteiger charge is -2.21. The quantitative estimate of drug-likeness (QED) is 0.614. The number of amides is 1. The van der Waals surface area contributed by atoms with Gasteiger partial charge in [0, 0.05) is 37.1 Å². The molecule has 9 heteroatoms. The van der Waals surface area contributed by atoms with Crippen LogP contribution in [0.1, 0.15) is 5.56 Å². The maximum atomic E-state index is 12.7. The first-order valence-corrected chi connectivity index (χ1v) is 8.87. The van der Waals surface area contributed by atoms with Crippen molar-refractivity contribution in [1.82, 2.24) is 14.5 Å². The third kappa shape index (κ3) is 4.30. The molecule has 0 aliphatic rings. The van der Waals surface area contributed by atoms with Crippen molar-refractivity contribution in [3.63, 3.8) is 0 Å². The first-order valence-electron chi connectivity index (χ1n) is 7.88. The number of carbonyl (C=O) groups is 1. The second kappa shape index (κ2) is 7.83. The zero-order valence-corrected chi connectivity index (χ0v) is 15.0. The van der Waals surface area contributed by atoms with Crippen molar-refractivity contribution in [3.05, 3.63) is 66.6 Å². The molecule has 0 radical (unpaired) electrons. The van der Waals surface area contributed by atoms with Crippen molar-refractivity contribution in [2.75, 3.05) is 11.9 Å².